The maximum absolute atomic E-state index is 15.4. The molecule has 0 atom stereocenters. The van der Waals surface area contributed by atoms with Crippen molar-refractivity contribution in [1.29, 1.82) is 0 Å². The lowest BCUT2D eigenvalue weighted by Crippen LogP contribution is -2.24. The van der Waals surface area contributed by atoms with Gasteiger partial charge in [-0.05, 0) is 42.0 Å². The topological polar surface area (TPSA) is 102 Å². The zero-order valence-electron chi connectivity index (χ0n) is 19.0. The summed E-state index contributed by atoms with van der Waals surface area (Å²) in [6, 6.07) is 17.4. The lowest BCUT2D eigenvalue weighted by atomic mass is 10.2. The fourth-order valence-electron chi connectivity index (χ4n) is 3.50. The second kappa shape index (κ2) is 10.2. The Bertz CT molecular complexity index is 1490. The molecule has 186 valence electrons. The molecule has 0 aliphatic carbocycles. The summed E-state index contributed by atoms with van der Waals surface area (Å²) in [6.45, 7) is -0.175. The zero-order chi connectivity index (χ0) is 25.9. The van der Waals surface area contributed by atoms with E-state index in [0.29, 0.717) is 9.72 Å². The van der Waals surface area contributed by atoms with E-state index in [0.717, 1.165) is 22.9 Å². The van der Waals surface area contributed by atoms with Crippen LogP contribution in [0.4, 0.5) is 13.6 Å². The van der Waals surface area contributed by atoms with E-state index in [4.69, 9.17) is 9.84 Å². The fraction of sp³-hybridized carbons (Fsp3) is 0.120. The van der Waals surface area contributed by atoms with Gasteiger partial charge < -0.3 is 14.7 Å². The normalized spacial score (nSPS) is 11.3. The molecule has 1 N–H and O–H groups in total. The molecule has 0 aliphatic rings. The molecule has 4 rings (SSSR count). The van der Waals surface area contributed by atoms with Crippen LogP contribution in [0.5, 0.6) is 5.75 Å². The van der Waals surface area contributed by atoms with Crippen molar-refractivity contribution in [2.75, 3.05) is 7.05 Å². The van der Waals surface area contributed by atoms with Crippen LogP contribution in [0.1, 0.15) is 11.1 Å². The Balaban J connectivity index is 1.72. The summed E-state index contributed by atoms with van der Waals surface area (Å²) in [5.41, 5.74) is -0.284. The second-order valence-electron chi connectivity index (χ2n) is 7.84. The lowest BCUT2D eigenvalue weighted by Gasteiger charge is -2.12. The van der Waals surface area contributed by atoms with Crippen LogP contribution in [0.2, 0.25) is 0 Å². The van der Waals surface area contributed by atoms with Crippen LogP contribution in [0.25, 0.3) is 11.3 Å². The van der Waals surface area contributed by atoms with E-state index in [-0.39, 0.29) is 22.6 Å². The molecule has 4 aromatic rings. The van der Waals surface area contributed by atoms with Crippen molar-refractivity contribution in [2.24, 2.45) is 0 Å². The number of ether oxygens (including phenoxy) is 1. The van der Waals surface area contributed by atoms with Gasteiger partial charge in [0.25, 0.3) is 10.0 Å². The highest BCUT2D eigenvalue weighted by Crippen LogP contribution is 2.32. The molecule has 0 saturated heterocycles. The third kappa shape index (κ3) is 5.05. The molecule has 8 nitrogen and oxygen atoms in total. The molecule has 2 heterocycles. The van der Waals surface area contributed by atoms with Gasteiger partial charge in [-0.3, -0.25) is 0 Å². The summed E-state index contributed by atoms with van der Waals surface area (Å²) < 4.78 is 63.2. The Labute approximate surface area is 206 Å². The smallest absolute Gasteiger partial charge is 0.407 e. The Hall–Kier alpha value is -4.25. The van der Waals surface area contributed by atoms with Crippen LogP contribution in [0, 0.1) is 11.8 Å². The number of benzene rings is 2. The third-order valence-electron chi connectivity index (χ3n) is 5.36. The number of carbonyl (C=O) groups is 1. The molecule has 2 aromatic carbocycles. The van der Waals surface area contributed by atoms with Crippen molar-refractivity contribution in [1.82, 2.24) is 13.9 Å². The minimum absolute atomic E-state index is 0.201. The maximum atomic E-state index is 15.4. The number of aromatic nitrogens is 2. The number of carboxylic acid groups (broad SMARTS) is 1. The number of halogens is 2. The van der Waals surface area contributed by atoms with Gasteiger partial charge in [-0.15, -0.1) is 0 Å². The van der Waals surface area contributed by atoms with Gasteiger partial charge in [0.05, 0.1) is 17.0 Å². The van der Waals surface area contributed by atoms with Gasteiger partial charge in [0.1, 0.15) is 18.1 Å². The van der Waals surface area contributed by atoms with Crippen LogP contribution >= 0.6 is 0 Å². The first-order valence-electron chi connectivity index (χ1n) is 10.7. The number of hydrogen-bond donors (Lipinski definition) is 1. The van der Waals surface area contributed by atoms with E-state index in [1.807, 2.05) is 30.3 Å². The van der Waals surface area contributed by atoms with Gasteiger partial charge >= 0.3 is 6.09 Å². The van der Waals surface area contributed by atoms with Crippen LogP contribution in [0.15, 0.2) is 84.0 Å². The molecule has 0 fully saturated rings. The standard InChI is InChI=1S/C25H21F2N3O5S/c1-29(25(31)32)14-18-15-30(23(22(18)26)21-8-5-13-28-24(21)27)36(33,34)20-11-9-19(10-12-20)35-16-17-6-3-2-4-7-17/h2-13,15H,14,16H2,1H3,(H,31,32). The largest absolute Gasteiger partial charge is 0.489 e. The van der Waals surface area contributed by atoms with Crippen LogP contribution in [-0.2, 0) is 23.2 Å². The van der Waals surface area contributed by atoms with E-state index in [1.54, 1.807) is 0 Å². The predicted molar refractivity (Wildman–Crippen MR) is 127 cm³/mol. The molecular formula is C25H21F2N3O5S. The Morgan fingerprint density at radius 2 is 1.75 bits per heavy atom. The van der Waals surface area contributed by atoms with Crippen molar-refractivity contribution in [3.8, 4) is 17.0 Å². The summed E-state index contributed by atoms with van der Waals surface area (Å²) in [5, 5.41) is 9.15. The van der Waals surface area contributed by atoms with E-state index in [1.165, 1.54) is 43.4 Å². The molecular weight excluding hydrogens is 492 g/mol. The molecule has 0 spiro atoms. The van der Waals surface area contributed by atoms with E-state index >= 15 is 4.39 Å². The maximum Gasteiger partial charge on any atom is 0.407 e. The van der Waals surface area contributed by atoms with Gasteiger partial charge in [-0.2, -0.15) is 4.39 Å². The van der Waals surface area contributed by atoms with Gasteiger partial charge in [0, 0.05) is 25.0 Å². The van der Waals surface area contributed by atoms with Crippen molar-refractivity contribution >= 4 is 16.1 Å². The first kappa shape index (κ1) is 24.9. The van der Waals surface area contributed by atoms with E-state index < -0.39 is 40.1 Å². The first-order valence-corrected chi connectivity index (χ1v) is 12.1. The van der Waals surface area contributed by atoms with Crippen molar-refractivity contribution in [2.45, 2.75) is 18.0 Å². The number of hydrogen-bond acceptors (Lipinski definition) is 5. The van der Waals surface area contributed by atoms with Crippen molar-refractivity contribution < 1.29 is 31.8 Å². The Morgan fingerprint density at radius 1 is 1.06 bits per heavy atom. The summed E-state index contributed by atoms with van der Waals surface area (Å²) >= 11 is 0. The molecule has 0 saturated carbocycles. The SMILES string of the molecule is CN(Cc1cn(S(=O)(=O)c2ccc(OCc3ccccc3)cc2)c(-c2cccnc2F)c1F)C(=O)O. The van der Waals surface area contributed by atoms with Crippen molar-refractivity contribution in [3.05, 3.63) is 102 Å². The highest BCUT2D eigenvalue weighted by Gasteiger charge is 2.29. The van der Waals surface area contributed by atoms with E-state index in [2.05, 4.69) is 4.98 Å². The van der Waals surface area contributed by atoms with Crippen LogP contribution in [0.3, 0.4) is 0 Å². The number of pyridine rings is 1. The highest BCUT2D eigenvalue weighted by atomic mass is 32.2. The zero-order valence-corrected chi connectivity index (χ0v) is 19.8. The Kier molecular flexibility index (Phi) is 7.02. The molecule has 1 amide bonds. The number of rotatable bonds is 8. The van der Waals surface area contributed by atoms with Gasteiger partial charge in [0.15, 0.2) is 5.82 Å². The molecule has 11 heteroatoms. The molecule has 36 heavy (non-hydrogen) atoms. The summed E-state index contributed by atoms with van der Waals surface area (Å²) in [4.78, 5) is 15.3. The van der Waals surface area contributed by atoms with Crippen LogP contribution < -0.4 is 4.74 Å². The quantitative estimate of drug-likeness (QED) is 0.341. The van der Waals surface area contributed by atoms with Gasteiger partial charge in [-0.1, -0.05) is 30.3 Å². The number of nitrogens with zero attached hydrogens (tertiary/aromatic N) is 3. The van der Waals surface area contributed by atoms with Gasteiger partial charge in [0.2, 0.25) is 5.95 Å². The average molecular weight is 514 g/mol. The summed E-state index contributed by atoms with van der Waals surface area (Å²) in [6.07, 6.45) is 0.752. The van der Waals surface area contributed by atoms with Crippen molar-refractivity contribution in [3.63, 3.8) is 0 Å². The molecule has 2 aromatic heterocycles. The first-order chi connectivity index (χ1) is 17.2. The average Bonchev–Trinajstić information content (AvgIpc) is 3.20. The minimum atomic E-state index is -4.42. The van der Waals surface area contributed by atoms with E-state index in [9.17, 15) is 17.6 Å². The second-order valence-corrected chi connectivity index (χ2v) is 9.66. The molecule has 0 unspecified atom stereocenters. The lowest BCUT2D eigenvalue weighted by molar-refractivity contribution is 0.153. The molecule has 0 bridgehead atoms. The highest BCUT2D eigenvalue weighted by molar-refractivity contribution is 7.90. The predicted octanol–water partition coefficient (Wildman–Crippen LogP) is 4.75. The molecule has 0 radical (unpaired) electrons. The molecule has 0 aliphatic heterocycles. The monoisotopic (exact) mass is 513 g/mol. The van der Waals surface area contributed by atoms with Crippen LogP contribution in [-0.4, -0.2) is 40.5 Å². The third-order valence-corrected chi connectivity index (χ3v) is 7.03. The minimum Gasteiger partial charge on any atom is -0.489 e. The fourth-order valence-corrected chi connectivity index (χ4v) is 4.89. The summed E-state index contributed by atoms with van der Waals surface area (Å²) in [5.74, 6) is -1.73. The number of amides is 1. The summed E-state index contributed by atoms with van der Waals surface area (Å²) in [7, 11) is -3.21. The van der Waals surface area contributed by atoms with Gasteiger partial charge in [-0.25, -0.2) is 26.6 Å². The Morgan fingerprint density at radius 3 is 2.39 bits per heavy atom.